The molecule has 0 aliphatic rings. The van der Waals surface area contributed by atoms with Crippen molar-refractivity contribution in [3.63, 3.8) is 0 Å². The number of para-hydroxylation sites is 2. The zero-order chi connectivity index (χ0) is 13.5. The Balaban J connectivity index is 1.95. The molecule has 2 aromatic rings. The van der Waals surface area contributed by atoms with Crippen LogP contribution < -0.4 is 5.32 Å². The molecular formula is C15H23N3O. The van der Waals surface area contributed by atoms with Crippen LogP contribution in [0.25, 0.3) is 11.0 Å². The lowest BCUT2D eigenvalue weighted by molar-refractivity contribution is 0.149. The molecule has 1 aromatic carbocycles. The van der Waals surface area contributed by atoms with Crippen molar-refractivity contribution >= 4 is 11.0 Å². The lowest BCUT2D eigenvalue weighted by Crippen LogP contribution is -2.24. The van der Waals surface area contributed by atoms with Gasteiger partial charge in [-0.3, -0.25) is 0 Å². The Labute approximate surface area is 114 Å². The monoisotopic (exact) mass is 261 g/mol. The molecule has 0 fully saturated rings. The summed E-state index contributed by atoms with van der Waals surface area (Å²) >= 11 is 0. The van der Waals surface area contributed by atoms with E-state index in [0.717, 1.165) is 50.6 Å². The summed E-state index contributed by atoms with van der Waals surface area (Å²) < 4.78 is 7.61. The first kappa shape index (κ1) is 14.0. The standard InChI is InChI=1S/C15H23N3O/c1-3-15-17-13-7-5-6-8-14(13)18(15)11-9-16-10-12-19-4-2/h5-8,16H,3-4,9-12H2,1-2H3. The zero-order valence-corrected chi connectivity index (χ0v) is 11.9. The summed E-state index contributed by atoms with van der Waals surface area (Å²) in [5.74, 6) is 1.16. The number of aryl methyl sites for hydroxylation is 1. The number of aromatic nitrogens is 2. The molecule has 4 heteroatoms. The molecule has 0 amide bonds. The van der Waals surface area contributed by atoms with E-state index in [-0.39, 0.29) is 0 Å². The van der Waals surface area contributed by atoms with Crippen LogP contribution in [0.4, 0.5) is 0 Å². The van der Waals surface area contributed by atoms with E-state index in [0.29, 0.717) is 0 Å². The molecule has 1 heterocycles. The van der Waals surface area contributed by atoms with Gasteiger partial charge in [0, 0.05) is 32.7 Å². The second-order valence-electron chi connectivity index (χ2n) is 4.47. The smallest absolute Gasteiger partial charge is 0.109 e. The largest absolute Gasteiger partial charge is 0.380 e. The normalized spacial score (nSPS) is 11.3. The van der Waals surface area contributed by atoms with Crippen LogP contribution in [0.3, 0.4) is 0 Å². The Hall–Kier alpha value is -1.39. The predicted molar refractivity (Wildman–Crippen MR) is 78.5 cm³/mol. The topological polar surface area (TPSA) is 39.1 Å². The van der Waals surface area contributed by atoms with Gasteiger partial charge in [0.05, 0.1) is 17.6 Å². The third kappa shape index (κ3) is 3.55. The second-order valence-corrected chi connectivity index (χ2v) is 4.47. The molecule has 1 aromatic heterocycles. The molecule has 2 rings (SSSR count). The van der Waals surface area contributed by atoms with E-state index >= 15 is 0 Å². The average Bonchev–Trinajstić information content (AvgIpc) is 2.81. The molecular weight excluding hydrogens is 238 g/mol. The molecule has 0 aliphatic heterocycles. The van der Waals surface area contributed by atoms with Gasteiger partial charge in [0.1, 0.15) is 5.82 Å². The molecule has 104 valence electrons. The quantitative estimate of drug-likeness (QED) is 0.741. The highest BCUT2D eigenvalue weighted by Gasteiger charge is 2.07. The van der Waals surface area contributed by atoms with Crippen LogP contribution in [-0.4, -0.2) is 35.9 Å². The van der Waals surface area contributed by atoms with E-state index in [4.69, 9.17) is 4.74 Å². The Kier molecular flexibility index (Phi) is 5.36. The number of hydrogen-bond donors (Lipinski definition) is 1. The van der Waals surface area contributed by atoms with Crippen molar-refractivity contribution in [1.29, 1.82) is 0 Å². The van der Waals surface area contributed by atoms with Crippen molar-refractivity contribution in [2.75, 3.05) is 26.3 Å². The van der Waals surface area contributed by atoms with E-state index in [2.05, 4.69) is 40.0 Å². The Bertz CT molecular complexity index is 507. The van der Waals surface area contributed by atoms with Gasteiger partial charge in [0.25, 0.3) is 0 Å². The summed E-state index contributed by atoms with van der Waals surface area (Å²) in [7, 11) is 0. The van der Waals surface area contributed by atoms with Gasteiger partial charge in [-0.05, 0) is 19.1 Å². The van der Waals surface area contributed by atoms with Gasteiger partial charge >= 0.3 is 0 Å². The first-order chi connectivity index (χ1) is 9.36. The molecule has 0 saturated heterocycles. The molecule has 0 saturated carbocycles. The molecule has 0 aliphatic carbocycles. The van der Waals surface area contributed by atoms with Crippen LogP contribution in [-0.2, 0) is 17.7 Å². The number of rotatable bonds is 8. The Morgan fingerprint density at radius 1 is 1.21 bits per heavy atom. The van der Waals surface area contributed by atoms with Gasteiger partial charge in [-0.15, -0.1) is 0 Å². The molecule has 0 bridgehead atoms. The van der Waals surface area contributed by atoms with Gasteiger partial charge in [0.2, 0.25) is 0 Å². The van der Waals surface area contributed by atoms with Gasteiger partial charge in [-0.1, -0.05) is 19.1 Å². The maximum absolute atomic E-state index is 5.30. The summed E-state index contributed by atoms with van der Waals surface area (Å²) in [6.07, 6.45) is 0.966. The highest BCUT2D eigenvalue weighted by atomic mass is 16.5. The molecule has 0 atom stereocenters. The van der Waals surface area contributed by atoms with Crippen molar-refractivity contribution < 1.29 is 4.74 Å². The summed E-state index contributed by atoms with van der Waals surface area (Å²) in [6, 6.07) is 8.33. The number of ether oxygens (including phenoxy) is 1. The number of nitrogens with zero attached hydrogens (tertiary/aromatic N) is 2. The second kappa shape index (κ2) is 7.26. The molecule has 0 radical (unpaired) electrons. The Morgan fingerprint density at radius 2 is 2.05 bits per heavy atom. The summed E-state index contributed by atoms with van der Waals surface area (Å²) in [5.41, 5.74) is 2.32. The van der Waals surface area contributed by atoms with Gasteiger partial charge in [-0.25, -0.2) is 4.98 Å². The van der Waals surface area contributed by atoms with E-state index in [1.54, 1.807) is 0 Å². The zero-order valence-electron chi connectivity index (χ0n) is 11.9. The lowest BCUT2D eigenvalue weighted by atomic mass is 10.3. The summed E-state index contributed by atoms with van der Waals surface area (Å²) in [6.45, 7) is 8.54. The highest BCUT2D eigenvalue weighted by Crippen LogP contribution is 2.15. The molecule has 19 heavy (non-hydrogen) atoms. The number of nitrogens with one attached hydrogen (secondary N) is 1. The summed E-state index contributed by atoms with van der Waals surface area (Å²) in [4.78, 5) is 4.67. The fourth-order valence-corrected chi connectivity index (χ4v) is 2.25. The Morgan fingerprint density at radius 3 is 2.84 bits per heavy atom. The first-order valence-electron chi connectivity index (χ1n) is 7.09. The fourth-order valence-electron chi connectivity index (χ4n) is 2.25. The van der Waals surface area contributed by atoms with Crippen LogP contribution >= 0.6 is 0 Å². The number of imidazole rings is 1. The van der Waals surface area contributed by atoms with Crippen molar-refractivity contribution in [2.24, 2.45) is 0 Å². The van der Waals surface area contributed by atoms with Crippen LogP contribution in [0, 0.1) is 0 Å². The van der Waals surface area contributed by atoms with Crippen LogP contribution in [0.5, 0.6) is 0 Å². The first-order valence-corrected chi connectivity index (χ1v) is 7.09. The number of fused-ring (bicyclic) bond motifs is 1. The van der Waals surface area contributed by atoms with Crippen LogP contribution in [0.15, 0.2) is 24.3 Å². The van der Waals surface area contributed by atoms with Crippen molar-refractivity contribution in [3.05, 3.63) is 30.1 Å². The summed E-state index contributed by atoms with van der Waals surface area (Å²) in [5, 5.41) is 3.40. The molecule has 4 nitrogen and oxygen atoms in total. The van der Waals surface area contributed by atoms with Crippen molar-refractivity contribution in [2.45, 2.75) is 26.8 Å². The molecule has 0 unspecified atom stereocenters. The third-order valence-corrected chi connectivity index (χ3v) is 3.19. The maximum atomic E-state index is 5.30. The van der Waals surface area contributed by atoms with E-state index in [1.165, 1.54) is 5.52 Å². The SMILES string of the molecule is CCOCCNCCn1c(CC)nc2ccccc21. The van der Waals surface area contributed by atoms with Crippen LogP contribution in [0.1, 0.15) is 19.7 Å². The number of benzene rings is 1. The van der Waals surface area contributed by atoms with Crippen molar-refractivity contribution in [1.82, 2.24) is 14.9 Å². The lowest BCUT2D eigenvalue weighted by Gasteiger charge is -2.09. The van der Waals surface area contributed by atoms with Gasteiger partial charge < -0.3 is 14.6 Å². The fraction of sp³-hybridized carbons (Fsp3) is 0.533. The molecule has 0 spiro atoms. The van der Waals surface area contributed by atoms with Gasteiger partial charge in [0.15, 0.2) is 0 Å². The average molecular weight is 261 g/mol. The maximum Gasteiger partial charge on any atom is 0.109 e. The number of hydrogen-bond acceptors (Lipinski definition) is 3. The highest BCUT2D eigenvalue weighted by molar-refractivity contribution is 5.75. The van der Waals surface area contributed by atoms with Crippen LogP contribution in [0.2, 0.25) is 0 Å². The predicted octanol–water partition coefficient (Wildman–Crippen LogP) is 2.22. The van der Waals surface area contributed by atoms with E-state index < -0.39 is 0 Å². The minimum Gasteiger partial charge on any atom is -0.380 e. The molecule has 1 N–H and O–H groups in total. The van der Waals surface area contributed by atoms with E-state index in [9.17, 15) is 0 Å². The van der Waals surface area contributed by atoms with E-state index in [1.807, 2.05) is 13.0 Å². The van der Waals surface area contributed by atoms with Gasteiger partial charge in [-0.2, -0.15) is 0 Å². The van der Waals surface area contributed by atoms with Crippen molar-refractivity contribution in [3.8, 4) is 0 Å². The minimum absolute atomic E-state index is 0.780. The third-order valence-electron chi connectivity index (χ3n) is 3.19. The minimum atomic E-state index is 0.780.